The zero-order valence-electron chi connectivity index (χ0n) is 12.4. The summed E-state index contributed by atoms with van der Waals surface area (Å²) in [6.07, 6.45) is 5.01. The molecule has 1 aliphatic carbocycles. The first-order valence-corrected chi connectivity index (χ1v) is 8.58. The van der Waals surface area contributed by atoms with Gasteiger partial charge >= 0.3 is 0 Å². The molecule has 0 bridgehead atoms. The van der Waals surface area contributed by atoms with Crippen molar-refractivity contribution in [3.8, 4) is 0 Å². The van der Waals surface area contributed by atoms with Crippen LogP contribution < -0.4 is 5.32 Å². The van der Waals surface area contributed by atoms with Crippen molar-refractivity contribution in [2.24, 2.45) is 0 Å². The SMILES string of the molecule is CCC(C)c1ccc(NC2CCCc3sccc32)cc1. The highest BCUT2D eigenvalue weighted by atomic mass is 32.1. The monoisotopic (exact) mass is 285 g/mol. The molecule has 0 amide bonds. The normalized spacial score (nSPS) is 19.4. The number of thiophene rings is 1. The van der Waals surface area contributed by atoms with Crippen LogP contribution in [0.1, 0.15) is 61.1 Å². The molecular weight excluding hydrogens is 262 g/mol. The lowest BCUT2D eigenvalue weighted by Crippen LogP contribution is -2.15. The highest BCUT2D eigenvalue weighted by Crippen LogP contribution is 2.35. The summed E-state index contributed by atoms with van der Waals surface area (Å²) in [6.45, 7) is 4.54. The molecule has 0 radical (unpaired) electrons. The van der Waals surface area contributed by atoms with Crippen molar-refractivity contribution in [2.75, 3.05) is 5.32 Å². The van der Waals surface area contributed by atoms with E-state index in [-0.39, 0.29) is 0 Å². The van der Waals surface area contributed by atoms with Crippen molar-refractivity contribution in [3.63, 3.8) is 0 Å². The Balaban J connectivity index is 1.73. The number of rotatable bonds is 4. The van der Waals surface area contributed by atoms with E-state index in [0.717, 1.165) is 0 Å². The van der Waals surface area contributed by atoms with Gasteiger partial charge in [0.05, 0.1) is 6.04 Å². The van der Waals surface area contributed by atoms with Crippen molar-refractivity contribution < 1.29 is 0 Å². The van der Waals surface area contributed by atoms with Crippen molar-refractivity contribution in [3.05, 3.63) is 51.7 Å². The predicted molar refractivity (Wildman–Crippen MR) is 88.8 cm³/mol. The Bertz CT molecular complexity index is 555. The van der Waals surface area contributed by atoms with Crippen LogP contribution >= 0.6 is 11.3 Å². The zero-order valence-corrected chi connectivity index (χ0v) is 13.2. The third kappa shape index (κ3) is 2.76. The number of hydrogen-bond acceptors (Lipinski definition) is 2. The minimum Gasteiger partial charge on any atom is -0.378 e. The number of aryl methyl sites for hydroxylation is 1. The van der Waals surface area contributed by atoms with Gasteiger partial charge in [0.1, 0.15) is 0 Å². The fourth-order valence-electron chi connectivity index (χ4n) is 2.98. The second-order valence-electron chi connectivity index (χ2n) is 5.82. The standard InChI is InChI=1S/C18H23NS/c1-3-13(2)14-7-9-15(10-8-14)19-17-5-4-6-18-16(17)11-12-20-18/h7-13,17,19H,3-6H2,1-2H3. The Kier molecular flexibility index (Phi) is 4.11. The van der Waals surface area contributed by atoms with Gasteiger partial charge in [-0.3, -0.25) is 0 Å². The van der Waals surface area contributed by atoms with Gasteiger partial charge in [-0.15, -0.1) is 11.3 Å². The Labute approximate surface area is 126 Å². The van der Waals surface area contributed by atoms with Crippen LogP contribution in [0.25, 0.3) is 0 Å². The van der Waals surface area contributed by atoms with Gasteiger partial charge in [0, 0.05) is 10.6 Å². The van der Waals surface area contributed by atoms with Gasteiger partial charge in [-0.25, -0.2) is 0 Å². The van der Waals surface area contributed by atoms with Crippen LogP contribution in [0.5, 0.6) is 0 Å². The second-order valence-corrected chi connectivity index (χ2v) is 6.82. The first kappa shape index (κ1) is 13.7. The molecule has 1 N–H and O–H groups in total. The number of benzene rings is 1. The molecule has 1 aromatic heterocycles. The molecule has 2 atom stereocenters. The summed E-state index contributed by atoms with van der Waals surface area (Å²) in [5, 5.41) is 5.95. The van der Waals surface area contributed by atoms with Crippen LogP contribution in [0.2, 0.25) is 0 Å². The maximum absolute atomic E-state index is 3.71. The summed E-state index contributed by atoms with van der Waals surface area (Å²) in [7, 11) is 0. The Hall–Kier alpha value is -1.28. The van der Waals surface area contributed by atoms with Gasteiger partial charge in [-0.1, -0.05) is 26.0 Å². The second kappa shape index (κ2) is 6.01. The van der Waals surface area contributed by atoms with Crippen LogP contribution in [-0.4, -0.2) is 0 Å². The molecule has 0 aliphatic heterocycles. The number of hydrogen-bond donors (Lipinski definition) is 1. The number of nitrogens with one attached hydrogen (secondary N) is 1. The highest BCUT2D eigenvalue weighted by Gasteiger charge is 2.20. The van der Waals surface area contributed by atoms with E-state index in [4.69, 9.17) is 0 Å². The first-order valence-electron chi connectivity index (χ1n) is 7.70. The average molecular weight is 285 g/mol. The van der Waals surface area contributed by atoms with Gasteiger partial charge in [0.2, 0.25) is 0 Å². The molecule has 2 aromatic rings. The molecule has 1 aromatic carbocycles. The summed E-state index contributed by atoms with van der Waals surface area (Å²) in [5.74, 6) is 0.655. The Morgan fingerprint density at radius 2 is 2.05 bits per heavy atom. The molecule has 0 fully saturated rings. The van der Waals surface area contributed by atoms with Crippen molar-refractivity contribution >= 4 is 17.0 Å². The summed E-state index contributed by atoms with van der Waals surface area (Å²) < 4.78 is 0. The fourth-order valence-corrected chi connectivity index (χ4v) is 3.97. The van der Waals surface area contributed by atoms with E-state index in [1.54, 1.807) is 4.88 Å². The molecular formula is C18H23NS. The van der Waals surface area contributed by atoms with Crippen LogP contribution in [-0.2, 0) is 6.42 Å². The van der Waals surface area contributed by atoms with E-state index in [2.05, 4.69) is 54.9 Å². The smallest absolute Gasteiger partial charge is 0.0524 e. The van der Waals surface area contributed by atoms with Gasteiger partial charge in [0.25, 0.3) is 0 Å². The average Bonchev–Trinajstić information content (AvgIpc) is 2.97. The molecule has 1 aliphatic rings. The molecule has 0 saturated carbocycles. The van der Waals surface area contributed by atoms with Crippen molar-refractivity contribution in [1.29, 1.82) is 0 Å². The Morgan fingerprint density at radius 1 is 1.25 bits per heavy atom. The predicted octanol–water partition coefficient (Wildman–Crippen LogP) is 5.75. The summed E-state index contributed by atoms with van der Waals surface area (Å²) in [6, 6.07) is 11.8. The van der Waals surface area contributed by atoms with Crippen molar-refractivity contribution in [1.82, 2.24) is 0 Å². The van der Waals surface area contributed by atoms with Crippen LogP contribution in [0, 0.1) is 0 Å². The molecule has 20 heavy (non-hydrogen) atoms. The van der Waals surface area contributed by atoms with E-state index in [9.17, 15) is 0 Å². The third-order valence-corrected chi connectivity index (χ3v) is 5.48. The molecule has 106 valence electrons. The number of anilines is 1. The molecule has 0 saturated heterocycles. The summed E-state index contributed by atoms with van der Waals surface area (Å²) in [5.41, 5.74) is 4.21. The lowest BCUT2D eigenvalue weighted by Gasteiger charge is -2.25. The minimum absolute atomic E-state index is 0.499. The maximum Gasteiger partial charge on any atom is 0.0524 e. The lowest BCUT2D eigenvalue weighted by atomic mass is 9.93. The Morgan fingerprint density at radius 3 is 2.80 bits per heavy atom. The van der Waals surface area contributed by atoms with E-state index < -0.39 is 0 Å². The largest absolute Gasteiger partial charge is 0.378 e. The van der Waals surface area contributed by atoms with Gasteiger partial charge < -0.3 is 5.32 Å². The summed E-state index contributed by atoms with van der Waals surface area (Å²) in [4.78, 5) is 1.57. The quantitative estimate of drug-likeness (QED) is 0.754. The number of fused-ring (bicyclic) bond motifs is 1. The molecule has 2 heteroatoms. The molecule has 3 rings (SSSR count). The molecule has 1 heterocycles. The summed E-state index contributed by atoms with van der Waals surface area (Å²) >= 11 is 1.91. The third-order valence-electron chi connectivity index (χ3n) is 4.48. The molecule has 2 unspecified atom stereocenters. The lowest BCUT2D eigenvalue weighted by molar-refractivity contribution is 0.609. The highest BCUT2D eigenvalue weighted by molar-refractivity contribution is 7.10. The van der Waals surface area contributed by atoms with Gasteiger partial charge in [-0.05, 0) is 66.3 Å². The van der Waals surface area contributed by atoms with E-state index in [0.29, 0.717) is 12.0 Å². The zero-order chi connectivity index (χ0) is 13.9. The fraction of sp³-hybridized carbons (Fsp3) is 0.444. The van der Waals surface area contributed by atoms with Gasteiger partial charge in [0.15, 0.2) is 0 Å². The van der Waals surface area contributed by atoms with Crippen LogP contribution in [0.15, 0.2) is 35.7 Å². The van der Waals surface area contributed by atoms with E-state index in [1.165, 1.54) is 42.5 Å². The van der Waals surface area contributed by atoms with Gasteiger partial charge in [-0.2, -0.15) is 0 Å². The van der Waals surface area contributed by atoms with Crippen molar-refractivity contribution in [2.45, 2.75) is 51.5 Å². The van der Waals surface area contributed by atoms with Crippen LogP contribution in [0.4, 0.5) is 5.69 Å². The molecule has 1 nitrogen and oxygen atoms in total. The minimum atomic E-state index is 0.499. The van der Waals surface area contributed by atoms with Crippen LogP contribution in [0.3, 0.4) is 0 Å². The molecule has 0 spiro atoms. The van der Waals surface area contributed by atoms with E-state index in [1.807, 2.05) is 11.3 Å². The topological polar surface area (TPSA) is 12.0 Å². The first-order chi connectivity index (χ1) is 9.78. The maximum atomic E-state index is 3.71. The van der Waals surface area contributed by atoms with E-state index >= 15 is 0 Å².